The number of carbonyl (C=O) groups is 1. The summed E-state index contributed by atoms with van der Waals surface area (Å²) in [4.78, 5) is 27.1. The Morgan fingerprint density at radius 1 is 1.07 bits per heavy atom. The minimum absolute atomic E-state index is 0.131. The van der Waals surface area contributed by atoms with Crippen molar-refractivity contribution in [2.45, 2.75) is 6.92 Å². The van der Waals surface area contributed by atoms with Crippen molar-refractivity contribution in [1.29, 1.82) is 0 Å². The van der Waals surface area contributed by atoms with Crippen LogP contribution in [0.15, 0.2) is 66.7 Å². The third-order valence-corrected chi connectivity index (χ3v) is 4.54. The molecule has 29 heavy (non-hydrogen) atoms. The molecule has 3 aromatic carbocycles. The Bertz CT molecular complexity index is 1230. The highest BCUT2D eigenvalue weighted by Crippen LogP contribution is 2.27. The Morgan fingerprint density at radius 2 is 1.76 bits per heavy atom. The minimum Gasteiger partial charge on any atom is -0.426 e. The van der Waals surface area contributed by atoms with Gasteiger partial charge in [0.15, 0.2) is 5.82 Å². The summed E-state index contributed by atoms with van der Waals surface area (Å²) in [6, 6.07) is 18.1. The molecule has 1 aromatic heterocycles. The van der Waals surface area contributed by atoms with Gasteiger partial charge in [-0.15, -0.1) is 0 Å². The van der Waals surface area contributed by atoms with E-state index in [1.807, 2.05) is 19.1 Å². The van der Waals surface area contributed by atoms with Crippen LogP contribution < -0.4 is 5.32 Å². The Morgan fingerprint density at radius 3 is 2.41 bits per heavy atom. The maximum atomic E-state index is 12.3. The van der Waals surface area contributed by atoms with Crippen LogP contribution in [-0.2, 0) is 0 Å². The number of fused-ring (bicyclic) bond motifs is 1. The van der Waals surface area contributed by atoms with Crippen LogP contribution >= 0.6 is 0 Å². The fourth-order valence-electron chi connectivity index (χ4n) is 2.96. The van der Waals surface area contributed by atoms with E-state index in [-0.39, 0.29) is 22.9 Å². The summed E-state index contributed by atoms with van der Waals surface area (Å²) in [5, 5.41) is 24.1. The van der Waals surface area contributed by atoms with Crippen LogP contribution in [0.5, 0.6) is 0 Å². The fraction of sp³-hybridized carbons (Fsp3) is 0.0476. The first kappa shape index (κ1) is 18.2. The molecule has 1 amide bonds. The fourth-order valence-corrected chi connectivity index (χ4v) is 2.96. The second-order valence-corrected chi connectivity index (χ2v) is 6.57. The highest BCUT2D eigenvalue weighted by molar-refractivity contribution is 6.04. The smallest absolute Gasteiger partial charge is 0.271 e. The molecule has 0 aliphatic heterocycles. The molecule has 0 aliphatic rings. The first-order valence-electron chi connectivity index (χ1n) is 8.77. The van der Waals surface area contributed by atoms with Crippen LogP contribution in [0.1, 0.15) is 15.9 Å². The molecule has 4 aromatic rings. The molecule has 8 nitrogen and oxygen atoms in total. The summed E-state index contributed by atoms with van der Waals surface area (Å²) in [6.45, 7) is 1.95. The van der Waals surface area contributed by atoms with Gasteiger partial charge >= 0.3 is 0 Å². The number of benzene rings is 3. The molecule has 0 aliphatic carbocycles. The summed E-state index contributed by atoms with van der Waals surface area (Å²) in [6.07, 6.45) is 0. The molecule has 0 spiro atoms. The van der Waals surface area contributed by atoms with E-state index in [9.17, 15) is 20.1 Å². The molecule has 0 radical (unpaired) electrons. The van der Waals surface area contributed by atoms with Crippen LogP contribution in [0.2, 0.25) is 0 Å². The molecule has 2 N–H and O–H groups in total. The summed E-state index contributed by atoms with van der Waals surface area (Å²) >= 11 is 0. The number of nitro benzene ring substituents is 1. The number of hydrogen-bond acceptors (Lipinski definition) is 5. The van der Waals surface area contributed by atoms with Crippen molar-refractivity contribution in [2.75, 3.05) is 5.32 Å². The summed E-state index contributed by atoms with van der Waals surface area (Å²) in [5.41, 5.74) is 3.36. The van der Waals surface area contributed by atoms with E-state index in [4.69, 9.17) is 0 Å². The van der Waals surface area contributed by atoms with Gasteiger partial charge in [-0.25, -0.2) is 4.98 Å². The normalized spacial score (nSPS) is 10.8. The summed E-state index contributed by atoms with van der Waals surface area (Å²) < 4.78 is 0.822. The van der Waals surface area contributed by atoms with Gasteiger partial charge in [-0.1, -0.05) is 17.7 Å². The van der Waals surface area contributed by atoms with E-state index in [2.05, 4.69) is 10.3 Å². The van der Waals surface area contributed by atoms with Gasteiger partial charge in [0.05, 0.1) is 10.4 Å². The second kappa shape index (κ2) is 7.08. The number of aryl methyl sites for hydroxylation is 1. The quantitative estimate of drug-likeness (QED) is 0.306. The molecule has 1 heterocycles. The Labute approximate surface area is 165 Å². The zero-order valence-electron chi connectivity index (χ0n) is 15.4. The van der Waals surface area contributed by atoms with Gasteiger partial charge in [0.2, 0.25) is 0 Å². The number of hydrogen-bond donors (Lipinski definition) is 2. The van der Waals surface area contributed by atoms with Crippen molar-refractivity contribution < 1.29 is 14.9 Å². The number of rotatable bonds is 4. The second-order valence-electron chi connectivity index (χ2n) is 6.57. The Hall–Kier alpha value is -4.20. The molecule has 0 saturated carbocycles. The molecule has 0 unspecified atom stereocenters. The molecule has 144 valence electrons. The molecule has 0 bridgehead atoms. The van der Waals surface area contributed by atoms with Crippen molar-refractivity contribution in [2.24, 2.45) is 0 Å². The average molecular weight is 388 g/mol. The summed E-state index contributed by atoms with van der Waals surface area (Å²) in [5.74, 6) is 0.0244. The van der Waals surface area contributed by atoms with Crippen LogP contribution in [0.3, 0.4) is 0 Å². The van der Waals surface area contributed by atoms with E-state index in [0.29, 0.717) is 22.3 Å². The Balaban J connectivity index is 1.59. The van der Waals surface area contributed by atoms with E-state index >= 15 is 0 Å². The standard InChI is InChI=1S/C21H16N4O4/c1-13-2-4-15(5-3-13)21(26)22-16-8-6-14(7-9-16)20-23-18-11-10-17(25(28)29)12-19(18)24(20)27/h2-12,27H,1H3,(H,22,26). The third-order valence-electron chi connectivity index (χ3n) is 4.54. The topological polar surface area (TPSA) is 110 Å². The van der Waals surface area contributed by atoms with E-state index in [1.165, 1.54) is 18.2 Å². The number of anilines is 1. The number of nitro groups is 1. The largest absolute Gasteiger partial charge is 0.426 e. The molecule has 0 atom stereocenters. The number of non-ortho nitro benzene ring substituents is 1. The lowest BCUT2D eigenvalue weighted by Gasteiger charge is -2.07. The number of aromatic nitrogens is 2. The van der Waals surface area contributed by atoms with Gasteiger partial charge in [-0.2, -0.15) is 4.73 Å². The van der Waals surface area contributed by atoms with Crippen molar-refractivity contribution in [3.8, 4) is 11.4 Å². The number of imidazole rings is 1. The van der Waals surface area contributed by atoms with Crippen molar-refractivity contribution in [3.63, 3.8) is 0 Å². The van der Waals surface area contributed by atoms with E-state index in [0.717, 1.165) is 10.3 Å². The first-order chi connectivity index (χ1) is 13.9. The van der Waals surface area contributed by atoms with Gasteiger partial charge in [0.1, 0.15) is 5.52 Å². The number of carbonyl (C=O) groups excluding carboxylic acids is 1. The third kappa shape index (κ3) is 3.51. The lowest BCUT2D eigenvalue weighted by atomic mass is 10.1. The Kier molecular flexibility index (Phi) is 4.44. The first-order valence-corrected chi connectivity index (χ1v) is 8.77. The molecular formula is C21H16N4O4. The number of nitrogens with one attached hydrogen (secondary N) is 1. The number of nitrogens with zero attached hydrogens (tertiary/aromatic N) is 3. The van der Waals surface area contributed by atoms with Crippen LogP contribution in [0.25, 0.3) is 22.4 Å². The van der Waals surface area contributed by atoms with Gasteiger partial charge in [-0.3, -0.25) is 14.9 Å². The van der Waals surface area contributed by atoms with Crippen LogP contribution in [0.4, 0.5) is 11.4 Å². The SMILES string of the molecule is Cc1ccc(C(=O)Nc2ccc(-c3nc4ccc([N+](=O)[O-])cc4n3O)cc2)cc1. The van der Waals surface area contributed by atoms with Crippen LogP contribution in [0, 0.1) is 17.0 Å². The van der Waals surface area contributed by atoms with Crippen molar-refractivity contribution in [3.05, 3.63) is 88.0 Å². The minimum atomic E-state index is -0.530. The van der Waals surface area contributed by atoms with Gasteiger partial charge < -0.3 is 10.5 Å². The predicted molar refractivity (Wildman–Crippen MR) is 108 cm³/mol. The van der Waals surface area contributed by atoms with E-state index < -0.39 is 4.92 Å². The predicted octanol–water partition coefficient (Wildman–Crippen LogP) is 4.41. The molecule has 4 rings (SSSR count). The van der Waals surface area contributed by atoms with Gasteiger partial charge in [-0.05, 0) is 49.4 Å². The average Bonchev–Trinajstić information content (AvgIpc) is 3.05. The maximum absolute atomic E-state index is 12.3. The molecule has 8 heteroatoms. The lowest BCUT2D eigenvalue weighted by Crippen LogP contribution is -2.11. The van der Waals surface area contributed by atoms with Crippen LogP contribution in [-0.4, -0.2) is 25.8 Å². The number of amides is 1. The monoisotopic (exact) mass is 388 g/mol. The van der Waals surface area contributed by atoms with E-state index in [1.54, 1.807) is 36.4 Å². The summed E-state index contributed by atoms with van der Waals surface area (Å²) in [7, 11) is 0. The molecule has 0 fully saturated rings. The van der Waals surface area contributed by atoms with Gasteiger partial charge in [0.25, 0.3) is 11.6 Å². The van der Waals surface area contributed by atoms with Crippen molar-refractivity contribution >= 4 is 28.3 Å². The highest BCUT2D eigenvalue weighted by Gasteiger charge is 2.16. The van der Waals surface area contributed by atoms with Gasteiger partial charge in [0, 0.05) is 28.9 Å². The molecular weight excluding hydrogens is 372 g/mol. The zero-order valence-corrected chi connectivity index (χ0v) is 15.4. The zero-order chi connectivity index (χ0) is 20.5. The highest BCUT2D eigenvalue weighted by atomic mass is 16.6. The molecule has 0 saturated heterocycles. The maximum Gasteiger partial charge on any atom is 0.271 e. The lowest BCUT2D eigenvalue weighted by molar-refractivity contribution is -0.384. The van der Waals surface area contributed by atoms with Crippen molar-refractivity contribution in [1.82, 2.24) is 9.71 Å².